The number of halogens is 2. The number of benzene rings is 2. The van der Waals surface area contributed by atoms with E-state index in [4.69, 9.17) is 28.0 Å². The van der Waals surface area contributed by atoms with E-state index in [2.05, 4.69) is 12.4 Å². The van der Waals surface area contributed by atoms with Crippen LogP contribution in [-0.2, 0) is 19.7 Å². The van der Waals surface area contributed by atoms with Gasteiger partial charge in [-0.1, -0.05) is 72.8 Å². The number of allylic oxidation sites excluding steroid dienone is 1. The van der Waals surface area contributed by atoms with Crippen LogP contribution < -0.4 is 5.48 Å². The van der Waals surface area contributed by atoms with Crippen LogP contribution in [0.15, 0.2) is 53.6 Å². The van der Waals surface area contributed by atoms with Gasteiger partial charge in [0.1, 0.15) is 0 Å². The number of hydrogen-bond donors (Lipinski definition) is 1. The minimum atomic E-state index is -3.56. The molecule has 0 saturated heterocycles. The van der Waals surface area contributed by atoms with Crippen LogP contribution >= 0.6 is 23.2 Å². The third-order valence-electron chi connectivity index (χ3n) is 8.70. The number of fused-ring (bicyclic) bond motifs is 1. The van der Waals surface area contributed by atoms with E-state index < -0.39 is 40.0 Å². The summed E-state index contributed by atoms with van der Waals surface area (Å²) in [6.07, 6.45) is 4.84. The molecule has 11 heteroatoms. The van der Waals surface area contributed by atoms with E-state index >= 15 is 0 Å². The van der Waals surface area contributed by atoms with E-state index in [0.717, 1.165) is 24.8 Å². The fraction of sp³-hybridized carbons (Fsp3) is 0.484. The summed E-state index contributed by atoms with van der Waals surface area (Å²) < 4.78 is 26.8. The van der Waals surface area contributed by atoms with Gasteiger partial charge in [-0.05, 0) is 68.0 Å². The fourth-order valence-corrected chi connectivity index (χ4v) is 7.32. The van der Waals surface area contributed by atoms with Crippen molar-refractivity contribution in [3.05, 3.63) is 80.3 Å². The summed E-state index contributed by atoms with van der Waals surface area (Å²) in [5.74, 6) is -1.59. The molecule has 0 spiro atoms. The molecule has 1 aliphatic heterocycles. The summed E-state index contributed by atoms with van der Waals surface area (Å²) in [7, 11) is -2.01. The van der Waals surface area contributed by atoms with Crippen LogP contribution in [0.5, 0.6) is 0 Å². The Hall–Kier alpha value is -2.43. The van der Waals surface area contributed by atoms with Crippen LogP contribution in [0, 0.1) is 0 Å². The van der Waals surface area contributed by atoms with E-state index in [-0.39, 0.29) is 12.5 Å². The fourth-order valence-electron chi connectivity index (χ4n) is 6.06. The van der Waals surface area contributed by atoms with E-state index in [1.54, 1.807) is 54.4 Å². The highest BCUT2D eigenvalue weighted by Crippen LogP contribution is 2.48. The second-order valence-corrected chi connectivity index (χ2v) is 14.1. The Morgan fingerprint density at radius 2 is 1.76 bits per heavy atom. The van der Waals surface area contributed by atoms with Crippen molar-refractivity contribution in [3.8, 4) is 0 Å². The predicted octanol–water partition coefficient (Wildman–Crippen LogP) is 6.27. The Morgan fingerprint density at radius 1 is 1.07 bits per heavy atom. The molecule has 2 amide bonds. The summed E-state index contributed by atoms with van der Waals surface area (Å²) in [4.78, 5) is 35.9. The highest BCUT2D eigenvalue weighted by atomic mass is 35.5. The van der Waals surface area contributed by atoms with E-state index in [1.165, 1.54) is 16.1 Å². The molecular formula is C31H39Cl2N3O5S. The summed E-state index contributed by atoms with van der Waals surface area (Å²) >= 11 is 13.0. The lowest BCUT2D eigenvalue weighted by Gasteiger charge is -2.50. The van der Waals surface area contributed by atoms with Gasteiger partial charge in [-0.15, -0.1) is 0 Å². The monoisotopic (exact) mass is 635 g/mol. The molecule has 2 aromatic rings. The normalized spacial score (nSPS) is 23.4. The molecule has 1 N–H and O–H groups in total. The van der Waals surface area contributed by atoms with Crippen LogP contribution in [0.4, 0.5) is 0 Å². The lowest BCUT2D eigenvalue weighted by molar-refractivity contribution is -0.136. The molecule has 4 atom stereocenters. The lowest BCUT2D eigenvalue weighted by atomic mass is 9.76. The van der Waals surface area contributed by atoms with Gasteiger partial charge in [0.15, 0.2) is 0 Å². The van der Waals surface area contributed by atoms with Crippen LogP contribution in [-0.4, -0.2) is 61.4 Å². The maximum absolute atomic E-state index is 14.4. The lowest BCUT2D eigenvalue weighted by Crippen LogP contribution is -2.59. The molecular weight excluding hydrogens is 597 g/mol. The molecule has 2 aromatic carbocycles. The Morgan fingerprint density at radius 3 is 2.43 bits per heavy atom. The number of hydroxylamine groups is 1. The molecule has 0 aromatic heterocycles. The molecule has 1 heterocycles. The van der Waals surface area contributed by atoms with Crippen molar-refractivity contribution >= 4 is 45.0 Å². The van der Waals surface area contributed by atoms with Gasteiger partial charge in [0.25, 0.3) is 11.8 Å². The summed E-state index contributed by atoms with van der Waals surface area (Å²) in [6, 6.07) is 10.2. The van der Waals surface area contributed by atoms with Gasteiger partial charge in [0.05, 0.1) is 24.8 Å². The zero-order valence-corrected chi connectivity index (χ0v) is 27.0. The zero-order valence-electron chi connectivity index (χ0n) is 24.7. The Labute approximate surface area is 259 Å². The number of carbonyl (C=O) groups excluding carboxylic acids is 2. The number of rotatable bonds is 9. The van der Waals surface area contributed by atoms with Gasteiger partial charge >= 0.3 is 0 Å². The molecule has 42 heavy (non-hydrogen) atoms. The number of amides is 2. The number of nitrogens with zero attached hydrogens (tertiary/aromatic N) is 2. The number of carbonyl (C=O) groups is 2. The SMILES string of the molecule is CC/C(C)=C(\C)CONC(=O)[C@@H]1c2ccccc2C(=O)N([C@H]2CCCC[C@@H]2N(C)S(C)(=O)=O)[C@H]1c1ccc(Cl)cc1Cl. The maximum atomic E-state index is 14.4. The van der Waals surface area contributed by atoms with Gasteiger partial charge in [-0.25, -0.2) is 18.2 Å². The van der Waals surface area contributed by atoms with Gasteiger partial charge in [0, 0.05) is 34.7 Å². The van der Waals surface area contributed by atoms with Gasteiger partial charge < -0.3 is 4.90 Å². The average molecular weight is 637 g/mol. The first-order chi connectivity index (χ1) is 19.9. The summed E-state index contributed by atoms with van der Waals surface area (Å²) in [5.41, 5.74) is 6.33. The van der Waals surface area contributed by atoms with Crippen LogP contribution in [0.3, 0.4) is 0 Å². The number of nitrogens with one attached hydrogen (secondary N) is 1. The van der Waals surface area contributed by atoms with Gasteiger partial charge in [-0.3, -0.25) is 14.4 Å². The summed E-state index contributed by atoms with van der Waals surface area (Å²) in [5, 5.41) is 0.729. The van der Waals surface area contributed by atoms with Crippen molar-refractivity contribution in [2.24, 2.45) is 0 Å². The van der Waals surface area contributed by atoms with Crippen molar-refractivity contribution in [2.45, 2.75) is 76.9 Å². The molecule has 1 fully saturated rings. The molecule has 0 radical (unpaired) electrons. The number of hydrogen-bond acceptors (Lipinski definition) is 5. The quantitative estimate of drug-likeness (QED) is 0.259. The second-order valence-electron chi connectivity index (χ2n) is 11.3. The minimum Gasteiger partial charge on any atom is -0.326 e. The third-order valence-corrected chi connectivity index (χ3v) is 10.6. The average Bonchev–Trinajstić information content (AvgIpc) is 2.95. The molecule has 228 valence electrons. The zero-order chi connectivity index (χ0) is 30.8. The first-order valence-corrected chi connectivity index (χ1v) is 16.8. The van der Waals surface area contributed by atoms with Crippen LogP contribution in [0.2, 0.25) is 10.0 Å². The van der Waals surface area contributed by atoms with Crippen LogP contribution in [0.25, 0.3) is 0 Å². The number of sulfonamides is 1. The van der Waals surface area contributed by atoms with Crippen molar-refractivity contribution in [1.29, 1.82) is 0 Å². The van der Waals surface area contributed by atoms with E-state index in [1.807, 2.05) is 13.8 Å². The van der Waals surface area contributed by atoms with Crippen LogP contribution in [0.1, 0.15) is 86.3 Å². The smallest absolute Gasteiger partial charge is 0.255 e. The Kier molecular flexibility index (Phi) is 10.4. The standard InChI is InChI=1S/C31H39Cl2N3O5S/c1-6-19(2)20(3)18-41-34-30(37)28-22-11-7-8-12-23(22)31(38)36(29(28)24-16-15-21(32)17-25(24)33)27-14-10-9-13-26(27)35(4)42(5,39)40/h7-8,11-12,15-17,26-29H,6,9-10,13-14,18H2,1-5H3,(H,34,37)/b20-19+/t26-,27-,28+,29-/m0/s1. The topological polar surface area (TPSA) is 96.0 Å². The number of likely N-dealkylation sites (N-methyl/N-ethyl adjacent to an activating group) is 1. The van der Waals surface area contributed by atoms with Crippen molar-refractivity contribution in [1.82, 2.24) is 14.7 Å². The van der Waals surface area contributed by atoms with Crippen molar-refractivity contribution in [3.63, 3.8) is 0 Å². The van der Waals surface area contributed by atoms with Crippen molar-refractivity contribution < 1.29 is 22.8 Å². The maximum Gasteiger partial charge on any atom is 0.255 e. The predicted molar refractivity (Wildman–Crippen MR) is 166 cm³/mol. The molecule has 8 nitrogen and oxygen atoms in total. The highest BCUT2D eigenvalue weighted by Gasteiger charge is 2.50. The summed E-state index contributed by atoms with van der Waals surface area (Å²) in [6.45, 7) is 6.26. The second kappa shape index (κ2) is 13.5. The molecule has 0 bridgehead atoms. The molecule has 4 rings (SSSR count). The third kappa shape index (κ3) is 6.70. The molecule has 2 aliphatic rings. The van der Waals surface area contributed by atoms with Gasteiger partial charge in [0.2, 0.25) is 10.0 Å². The minimum absolute atomic E-state index is 0.221. The molecule has 1 aliphatic carbocycles. The van der Waals surface area contributed by atoms with E-state index in [9.17, 15) is 18.0 Å². The Bertz CT molecular complexity index is 1480. The largest absolute Gasteiger partial charge is 0.326 e. The Balaban J connectivity index is 1.86. The molecule has 1 saturated carbocycles. The first kappa shape index (κ1) is 32.5. The first-order valence-electron chi connectivity index (χ1n) is 14.2. The van der Waals surface area contributed by atoms with Gasteiger partial charge in [-0.2, -0.15) is 0 Å². The molecule has 0 unspecified atom stereocenters. The van der Waals surface area contributed by atoms with E-state index in [0.29, 0.717) is 39.6 Å². The highest BCUT2D eigenvalue weighted by molar-refractivity contribution is 7.88. The van der Waals surface area contributed by atoms with Crippen molar-refractivity contribution in [2.75, 3.05) is 19.9 Å².